The fraction of sp³-hybridized carbons (Fsp3) is 0.304. The minimum atomic E-state index is -0.324. The van der Waals surface area contributed by atoms with Crippen molar-refractivity contribution < 1.29 is 19.1 Å². The number of ether oxygens (including phenoxy) is 2. The van der Waals surface area contributed by atoms with E-state index in [9.17, 15) is 9.59 Å². The van der Waals surface area contributed by atoms with Gasteiger partial charge in [0.25, 0.3) is 11.8 Å². The van der Waals surface area contributed by atoms with Gasteiger partial charge in [0.2, 0.25) is 0 Å². The van der Waals surface area contributed by atoms with Crippen LogP contribution in [0.15, 0.2) is 41.3 Å². The number of nitrogens with zero attached hydrogens (tertiary/aromatic N) is 1. The summed E-state index contributed by atoms with van der Waals surface area (Å²) in [5.74, 6) is 0.466. The summed E-state index contributed by atoms with van der Waals surface area (Å²) in [6.45, 7) is 7.91. The topological polar surface area (TPSA) is 55.8 Å². The lowest BCUT2D eigenvalue weighted by molar-refractivity contribution is -0.119. The molecule has 2 aromatic carbocycles. The molecule has 29 heavy (non-hydrogen) atoms. The molecule has 0 unspecified atom stereocenters. The number of carbonyl (C=O) groups is 2. The number of methoxy groups -OCH3 is 2. The van der Waals surface area contributed by atoms with Crippen LogP contribution in [-0.4, -0.2) is 31.3 Å². The van der Waals surface area contributed by atoms with E-state index in [1.165, 1.54) is 16.7 Å². The minimum Gasteiger partial charge on any atom is -0.493 e. The summed E-state index contributed by atoms with van der Waals surface area (Å²) in [5.41, 5.74) is 3.62. The fourth-order valence-corrected chi connectivity index (χ4v) is 4.40. The van der Waals surface area contributed by atoms with Gasteiger partial charge in [-0.25, -0.2) is 4.90 Å². The number of benzene rings is 2. The average Bonchev–Trinajstić information content (AvgIpc) is 2.89. The maximum Gasteiger partial charge on any atom is 0.272 e. The highest BCUT2D eigenvalue weighted by molar-refractivity contribution is 8.04. The minimum absolute atomic E-state index is 0.149. The van der Waals surface area contributed by atoms with Gasteiger partial charge in [-0.15, -0.1) is 11.8 Å². The van der Waals surface area contributed by atoms with Gasteiger partial charge in [-0.1, -0.05) is 26.0 Å². The number of hydrogen-bond acceptors (Lipinski definition) is 5. The first-order chi connectivity index (χ1) is 13.8. The molecule has 0 N–H and O–H groups in total. The third-order valence-electron chi connectivity index (χ3n) is 4.53. The second-order valence-corrected chi connectivity index (χ2v) is 8.82. The molecule has 0 aliphatic carbocycles. The Kier molecular flexibility index (Phi) is 6.03. The molecule has 0 saturated heterocycles. The second-order valence-electron chi connectivity index (χ2n) is 7.23. The van der Waals surface area contributed by atoms with Gasteiger partial charge in [-0.05, 0) is 54.8 Å². The summed E-state index contributed by atoms with van der Waals surface area (Å²) in [4.78, 5) is 28.5. The third-order valence-corrected chi connectivity index (χ3v) is 5.62. The standard InChI is InChI=1S/C23H25NO4S/c1-13(2)29-21-20(16-7-8-18(27-5)19(12-16)28-6)22(25)24(23(21)26)17-10-14(3)9-15(4)11-17/h7-13H,1-6H3. The van der Waals surface area contributed by atoms with E-state index in [1.807, 2.05) is 45.9 Å². The van der Waals surface area contributed by atoms with E-state index in [2.05, 4.69) is 0 Å². The van der Waals surface area contributed by atoms with Gasteiger partial charge in [0.1, 0.15) is 0 Å². The number of aryl methyl sites for hydroxylation is 2. The van der Waals surface area contributed by atoms with Gasteiger partial charge in [0.15, 0.2) is 11.5 Å². The van der Waals surface area contributed by atoms with Crippen molar-refractivity contribution in [3.8, 4) is 11.5 Å². The molecule has 3 rings (SSSR count). The van der Waals surface area contributed by atoms with Crippen molar-refractivity contribution in [2.24, 2.45) is 0 Å². The average molecular weight is 412 g/mol. The van der Waals surface area contributed by atoms with Gasteiger partial charge in [-0.2, -0.15) is 0 Å². The first-order valence-corrected chi connectivity index (χ1v) is 10.2. The number of amides is 2. The van der Waals surface area contributed by atoms with Crippen molar-refractivity contribution in [2.75, 3.05) is 19.1 Å². The maximum absolute atomic E-state index is 13.4. The summed E-state index contributed by atoms with van der Waals surface area (Å²) in [6, 6.07) is 11.0. The van der Waals surface area contributed by atoms with E-state index in [0.717, 1.165) is 11.1 Å². The Morgan fingerprint density at radius 2 is 1.48 bits per heavy atom. The molecule has 1 aliphatic heterocycles. The Morgan fingerprint density at radius 3 is 2.03 bits per heavy atom. The molecule has 0 radical (unpaired) electrons. The van der Waals surface area contributed by atoms with Crippen molar-refractivity contribution in [3.63, 3.8) is 0 Å². The molecule has 0 bridgehead atoms. The molecule has 0 saturated carbocycles. The molecule has 0 fully saturated rings. The molecule has 1 aliphatic rings. The highest BCUT2D eigenvalue weighted by Gasteiger charge is 2.40. The predicted octanol–water partition coefficient (Wildman–Crippen LogP) is 4.75. The fourth-order valence-electron chi connectivity index (χ4n) is 3.42. The quantitative estimate of drug-likeness (QED) is 0.642. The van der Waals surface area contributed by atoms with E-state index in [1.54, 1.807) is 32.4 Å². The van der Waals surface area contributed by atoms with Crippen LogP contribution in [0, 0.1) is 13.8 Å². The molecular weight excluding hydrogens is 386 g/mol. The SMILES string of the molecule is COc1ccc(C2=C(SC(C)C)C(=O)N(c3cc(C)cc(C)c3)C2=O)cc1OC. The van der Waals surface area contributed by atoms with Crippen molar-refractivity contribution in [1.29, 1.82) is 0 Å². The van der Waals surface area contributed by atoms with E-state index in [4.69, 9.17) is 9.47 Å². The van der Waals surface area contributed by atoms with Gasteiger partial charge in [0.05, 0.1) is 30.4 Å². The molecule has 152 valence electrons. The van der Waals surface area contributed by atoms with Gasteiger partial charge in [-0.3, -0.25) is 9.59 Å². The molecule has 2 aromatic rings. The molecule has 5 nitrogen and oxygen atoms in total. The summed E-state index contributed by atoms with van der Waals surface area (Å²) in [5, 5.41) is 0.149. The highest BCUT2D eigenvalue weighted by atomic mass is 32.2. The lowest BCUT2D eigenvalue weighted by Crippen LogP contribution is -2.31. The van der Waals surface area contributed by atoms with Crippen molar-refractivity contribution in [1.82, 2.24) is 0 Å². The number of hydrogen-bond donors (Lipinski definition) is 0. The van der Waals surface area contributed by atoms with Crippen LogP contribution in [0.4, 0.5) is 5.69 Å². The van der Waals surface area contributed by atoms with Gasteiger partial charge in [0, 0.05) is 5.25 Å². The Bertz CT molecular complexity index is 990. The highest BCUT2D eigenvalue weighted by Crippen LogP contribution is 2.42. The van der Waals surface area contributed by atoms with Crippen LogP contribution in [-0.2, 0) is 9.59 Å². The lowest BCUT2D eigenvalue weighted by atomic mass is 10.1. The zero-order chi connectivity index (χ0) is 21.3. The number of anilines is 1. The first kappa shape index (κ1) is 21.0. The van der Waals surface area contributed by atoms with Gasteiger partial charge >= 0.3 is 0 Å². The Balaban J connectivity index is 2.15. The van der Waals surface area contributed by atoms with Crippen LogP contribution in [0.1, 0.15) is 30.5 Å². The Labute approximate surface area is 175 Å². The molecule has 0 atom stereocenters. The summed E-state index contributed by atoms with van der Waals surface area (Å²) >= 11 is 1.40. The Hall–Kier alpha value is -2.73. The molecular formula is C23H25NO4S. The molecule has 6 heteroatoms. The number of carbonyl (C=O) groups excluding carboxylic acids is 2. The van der Waals surface area contributed by atoms with Crippen LogP contribution >= 0.6 is 11.8 Å². The van der Waals surface area contributed by atoms with Crippen LogP contribution in [0.3, 0.4) is 0 Å². The van der Waals surface area contributed by atoms with E-state index in [-0.39, 0.29) is 17.1 Å². The Morgan fingerprint density at radius 1 is 0.862 bits per heavy atom. The monoisotopic (exact) mass is 411 g/mol. The summed E-state index contributed by atoms with van der Waals surface area (Å²) in [7, 11) is 3.10. The van der Waals surface area contributed by atoms with E-state index >= 15 is 0 Å². The van der Waals surface area contributed by atoms with E-state index < -0.39 is 0 Å². The maximum atomic E-state index is 13.4. The lowest BCUT2D eigenvalue weighted by Gasteiger charge is -2.17. The first-order valence-electron chi connectivity index (χ1n) is 9.37. The number of thioether (sulfide) groups is 1. The van der Waals surface area contributed by atoms with Gasteiger partial charge < -0.3 is 9.47 Å². The van der Waals surface area contributed by atoms with Crippen molar-refractivity contribution in [3.05, 3.63) is 58.0 Å². The molecule has 1 heterocycles. The van der Waals surface area contributed by atoms with Crippen LogP contribution in [0.2, 0.25) is 0 Å². The molecule has 0 aromatic heterocycles. The van der Waals surface area contributed by atoms with Crippen LogP contribution in [0.25, 0.3) is 5.57 Å². The molecule has 0 spiro atoms. The van der Waals surface area contributed by atoms with Crippen LogP contribution < -0.4 is 14.4 Å². The summed E-state index contributed by atoms with van der Waals surface area (Å²) in [6.07, 6.45) is 0. The molecule has 2 amide bonds. The van der Waals surface area contributed by atoms with Crippen LogP contribution in [0.5, 0.6) is 11.5 Å². The zero-order valence-electron chi connectivity index (χ0n) is 17.5. The summed E-state index contributed by atoms with van der Waals surface area (Å²) < 4.78 is 10.7. The third kappa shape index (κ3) is 4.03. The smallest absolute Gasteiger partial charge is 0.272 e. The zero-order valence-corrected chi connectivity index (χ0v) is 18.3. The second kappa shape index (κ2) is 8.33. The predicted molar refractivity (Wildman–Crippen MR) is 118 cm³/mol. The largest absolute Gasteiger partial charge is 0.493 e. The van der Waals surface area contributed by atoms with Crippen molar-refractivity contribution >= 4 is 34.8 Å². The normalized spacial score (nSPS) is 14.2. The van der Waals surface area contributed by atoms with Crippen molar-refractivity contribution in [2.45, 2.75) is 32.9 Å². The number of imide groups is 1. The number of rotatable bonds is 6. The van der Waals surface area contributed by atoms with E-state index in [0.29, 0.717) is 33.2 Å².